The highest BCUT2D eigenvalue weighted by Crippen LogP contribution is 2.34. The van der Waals surface area contributed by atoms with E-state index < -0.39 is 0 Å². The van der Waals surface area contributed by atoms with Gasteiger partial charge in [0.05, 0.1) is 25.3 Å². The Labute approximate surface area is 100 Å². The second-order valence-electron chi connectivity index (χ2n) is 3.82. The maximum absolute atomic E-state index is 13.9. The summed E-state index contributed by atoms with van der Waals surface area (Å²) in [5.74, 6) is 0.997. The van der Waals surface area contributed by atoms with Crippen LogP contribution in [0, 0.1) is 5.82 Å². The summed E-state index contributed by atoms with van der Waals surface area (Å²) < 4.78 is 24.6. The molecule has 0 saturated heterocycles. The summed E-state index contributed by atoms with van der Waals surface area (Å²) >= 11 is 0. The molecule has 2 rings (SSSR count). The third kappa shape index (κ3) is 2.26. The zero-order chi connectivity index (χ0) is 12.3. The van der Waals surface area contributed by atoms with Crippen LogP contribution in [0.1, 0.15) is 18.0 Å². The highest BCUT2D eigenvalue weighted by molar-refractivity contribution is 5.40. The highest BCUT2D eigenvalue weighted by Gasteiger charge is 2.25. The van der Waals surface area contributed by atoms with Gasteiger partial charge in [-0.1, -0.05) is 6.07 Å². The van der Waals surface area contributed by atoms with E-state index in [1.54, 1.807) is 19.2 Å². The molecule has 0 bridgehead atoms. The summed E-state index contributed by atoms with van der Waals surface area (Å²) in [6, 6.07) is 4.51. The van der Waals surface area contributed by atoms with Gasteiger partial charge in [0.1, 0.15) is 17.3 Å². The second kappa shape index (κ2) is 5.19. The van der Waals surface area contributed by atoms with Crippen LogP contribution < -0.4 is 10.1 Å². The van der Waals surface area contributed by atoms with Crippen LogP contribution in [0.5, 0.6) is 5.75 Å². The lowest BCUT2D eigenvalue weighted by Crippen LogP contribution is -2.21. The highest BCUT2D eigenvalue weighted by atomic mass is 19.1. The summed E-state index contributed by atoms with van der Waals surface area (Å²) in [4.78, 5) is 0. The normalized spacial score (nSPS) is 16.3. The molecule has 1 aliphatic heterocycles. The molecule has 1 aromatic carbocycles. The molecule has 1 atom stereocenters. The number of benzene rings is 1. The van der Waals surface area contributed by atoms with E-state index in [2.05, 4.69) is 5.32 Å². The largest absolute Gasteiger partial charge is 0.496 e. The van der Waals surface area contributed by atoms with Crippen molar-refractivity contribution < 1.29 is 13.9 Å². The van der Waals surface area contributed by atoms with Gasteiger partial charge in [-0.3, -0.25) is 0 Å². The number of likely N-dealkylation sites (N-methyl/N-ethyl adjacent to an activating group) is 1. The van der Waals surface area contributed by atoms with Gasteiger partial charge in [0, 0.05) is 6.42 Å². The zero-order valence-corrected chi connectivity index (χ0v) is 10.00. The van der Waals surface area contributed by atoms with E-state index in [-0.39, 0.29) is 11.9 Å². The van der Waals surface area contributed by atoms with Crippen molar-refractivity contribution in [3.8, 4) is 5.75 Å². The molecule has 0 radical (unpaired) electrons. The molecule has 0 saturated carbocycles. The van der Waals surface area contributed by atoms with Crippen LogP contribution in [0.25, 0.3) is 0 Å². The fourth-order valence-corrected chi connectivity index (χ4v) is 2.04. The third-order valence-corrected chi connectivity index (χ3v) is 2.83. The maximum Gasteiger partial charge on any atom is 0.132 e. The molecule has 0 spiro atoms. The van der Waals surface area contributed by atoms with Crippen molar-refractivity contribution in [2.75, 3.05) is 20.8 Å². The van der Waals surface area contributed by atoms with Crippen LogP contribution in [-0.4, -0.2) is 20.8 Å². The van der Waals surface area contributed by atoms with E-state index in [4.69, 9.17) is 9.47 Å². The Morgan fingerprint density at radius 3 is 2.88 bits per heavy atom. The Hall–Kier alpha value is -1.55. The van der Waals surface area contributed by atoms with Crippen LogP contribution in [0.3, 0.4) is 0 Å². The minimum absolute atomic E-state index is 0.292. The van der Waals surface area contributed by atoms with Crippen molar-refractivity contribution in [3.63, 3.8) is 0 Å². The molecule has 92 valence electrons. The maximum atomic E-state index is 13.9. The number of rotatable bonds is 4. The number of halogens is 1. The van der Waals surface area contributed by atoms with Gasteiger partial charge < -0.3 is 14.8 Å². The molecule has 0 amide bonds. The fourth-order valence-electron chi connectivity index (χ4n) is 2.04. The van der Waals surface area contributed by atoms with Crippen molar-refractivity contribution in [2.24, 2.45) is 0 Å². The first-order chi connectivity index (χ1) is 8.27. The van der Waals surface area contributed by atoms with Crippen LogP contribution >= 0.6 is 0 Å². The summed E-state index contributed by atoms with van der Waals surface area (Å²) in [5.41, 5.74) is 0.491. The van der Waals surface area contributed by atoms with E-state index >= 15 is 0 Å². The monoisotopic (exact) mass is 237 g/mol. The molecule has 1 aromatic rings. The molecule has 4 heteroatoms. The van der Waals surface area contributed by atoms with Crippen LogP contribution in [0.4, 0.5) is 4.39 Å². The quantitative estimate of drug-likeness (QED) is 0.872. The second-order valence-corrected chi connectivity index (χ2v) is 3.82. The lowest BCUT2D eigenvalue weighted by atomic mass is 10.0. The molecule has 1 N–H and O–H groups in total. The molecule has 1 heterocycles. The van der Waals surface area contributed by atoms with E-state index in [0.29, 0.717) is 17.9 Å². The Morgan fingerprint density at radius 1 is 1.47 bits per heavy atom. The molecule has 0 aliphatic carbocycles. The predicted octanol–water partition coefficient (Wildman–Crippen LogP) is 2.40. The van der Waals surface area contributed by atoms with Crippen molar-refractivity contribution in [2.45, 2.75) is 12.5 Å². The van der Waals surface area contributed by atoms with Crippen molar-refractivity contribution in [3.05, 3.63) is 41.4 Å². The van der Waals surface area contributed by atoms with Crippen molar-refractivity contribution in [1.29, 1.82) is 0 Å². The number of ether oxygens (including phenoxy) is 2. The molecular weight excluding hydrogens is 221 g/mol. The Kier molecular flexibility index (Phi) is 3.64. The number of methoxy groups -OCH3 is 1. The van der Waals surface area contributed by atoms with Crippen molar-refractivity contribution >= 4 is 0 Å². The summed E-state index contributed by atoms with van der Waals surface area (Å²) in [7, 11) is 3.31. The number of nitrogens with one attached hydrogen (secondary N) is 1. The molecule has 1 aliphatic rings. The van der Waals surface area contributed by atoms with Gasteiger partial charge in [0.25, 0.3) is 0 Å². The van der Waals surface area contributed by atoms with E-state index in [1.165, 1.54) is 13.2 Å². The van der Waals surface area contributed by atoms with Crippen LogP contribution in [0.2, 0.25) is 0 Å². The van der Waals surface area contributed by atoms with Gasteiger partial charge in [-0.15, -0.1) is 0 Å². The molecule has 1 unspecified atom stereocenters. The van der Waals surface area contributed by atoms with E-state index in [0.717, 1.165) is 12.2 Å². The standard InChI is InChI=1S/C13H16FNO2/c1-15-13(11-7-4-8-17-11)12-9(14)5-3-6-10(12)16-2/h3,5-7,13,15H,4,8H2,1-2H3. The minimum Gasteiger partial charge on any atom is -0.496 e. The van der Waals surface area contributed by atoms with E-state index in [1.807, 2.05) is 6.08 Å². The molecule has 17 heavy (non-hydrogen) atoms. The summed E-state index contributed by atoms with van der Waals surface area (Å²) in [6.45, 7) is 0.657. The molecule has 3 nitrogen and oxygen atoms in total. The van der Waals surface area contributed by atoms with Gasteiger partial charge >= 0.3 is 0 Å². The van der Waals surface area contributed by atoms with Gasteiger partial charge in [0.15, 0.2) is 0 Å². The number of hydrogen-bond donors (Lipinski definition) is 1. The van der Waals surface area contributed by atoms with Crippen molar-refractivity contribution in [1.82, 2.24) is 5.32 Å². The Bertz CT molecular complexity index is 431. The third-order valence-electron chi connectivity index (χ3n) is 2.83. The first kappa shape index (κ1) is 11.9. The topological polar surface area (TPSA) is 30.5 Å². The van der Waals surface area contributed by atoms with Gasteiger partial charge in [-0.05, 0) is 25.3 Å². The van der Waals surface area contributed by atoms with Gasteiger partial charge in [-0.25, -0.2) is 4.39 Å². The first-order valence-electron chi connectivity index (χ1n) is 5.60. The van der Waals surface area contributed by atoms with Crippen LogP contribution in [-0.2, 0) is 4.74 Å². The predicted molar refractivity (Wildman–Crippen MR) is 63.4 cm³/mol. The molecular formula is C13H16FNO2. The fraction of sp³-hybridized carbons (Fsp3) is 0.385. The molecule has 0 fully saturated rings. The minimum atomic E-state index is -0.298. The Balaban J connectivity index is 2.42. The Morgan fingerprint density at radius 2 is 2.29 bits per heavy atom. The summed E-state index contributed by atoms with van der Waals surface area (Å²) in [6.07, 6.45) is 2.84. The van der Waals surface area contributed by atoms with Gasteiger partial charge in [-0.2, -0.15) is 0 Å². The summed E-state index contributed by atoms with van der Waals surface area (Å²) in [5, 5.41) is 3.06. The molecule has 0 aromatic heterocycles. The zero-order valence-electron chi connectivity index (χ0n) is 10.00. The average Bonchev–Trinajstić information content (AvgIpc) is 2.86. The first-order valence-corrected chi connectivity index (χ1v) is 5.60. The SMILES string of the molecule is CNC(C1=CCCO1)c1c(F)cccc1OC. The lowest BCUT2D eigenvalue weighted by Gasteiger charge is -2.20. The average molecular weight is 237 g/mol. The number of hydrogen-bond acceptors (Lipinski definition) is 3. The lowest BCUT2D eigenvalue weighted by molar-refractivity contribution is 0.215. The smallest absolute Gasteiger partial charge is 0.132 e. The van der Waals surface area contributed by atoms with E-state index in [9.17, 15) is 4.39 Å². The van der Waals surface area contributed by atoms with Crippen LogP contribution in [0.15, 0.2) is 30.0 Å². The van der Waals surface area contributed by atoms with Gasteiger partial charge in [0.2, 0.25) is 0 Å².